The van der Waals surface area contributed by atoms with Gasteiger partial charge in [0.15, 0.2) is 6.10 Å². The SMILES string of the molecule is CCCCCC/C=C/C=C/CCCCCCCC(=O)O[C@H](COC(=O)CCCC/C=C/CCCCCCCCCCC)COP(=O)(O)O. The highest BCUT2D eigenvalue weighted by Crippen LogP contribution is 2.36. The molecule has 0 aromatic heterocycles. The molecular formula is C39H71O8P. The van der Waals surface area contributed by atoms with Crippen LogP contribution in [0.3, 0.4) is 0 Å². The number of rotatable bonds is 35. The van der Waals surface area contributed by atoms with Gasteiger partial charge in [-0.3, -0.25) is 14.1 Å². The van der Waals surface area contributed by atoms with Crippen LogP contribution in [-0.2, 0) is 28.2 Å². The van der Waals surface area contributed by atoms with E-state index >= 15 is 0 Å². The van der Waals surface area contributed by atoms with Crippen LogP contribution in [0.5, 0.6) is 0 Å². The summed E-state index contributed by atoms with van der Waals surface area (Å²) in [4.78, 5) is 42.7. The maximum Gasteiger partial charge on any atom is 0.469 e. The quantitative estimate of drug-likeness (QED) is 0.0221. The fraction of sp³-hybridized carbons (Fsp3) is 0.795. The van der Waals surface area contributed by atoms with Gasteiger partial charge < -0.3 is 19.3 Å². The topological polar surface area (TPSA) is 119 Å². The minimum Gasteiger partial charge on any atom is -0.462 e. The Kier molecular flexibility index (Phi) is 33.8. The van der Waals surface area contributed by atoms with Crippen molar-refractivity contribution in [1.29, 1.82) is 0 Å². The lowest BCUT2D eigenvalue weighted by atomic mass is 10.1. The smallest absolute Gasteiger partial charge is 0.462 e. The molecule has 0 aromatic rings. The molecule has 8 nitrogen and oxygen atoms in total. The molecule has 0 bridgehead atoms. The fourth-order valence-electron chi connectivity index (χ4n) is 5.24. The molecule has 0 rings (SSSR count). The first-order chi connectivity index (χ1) is 23.3. The third kappa shape index (κ3) is 37.1. The zero-order valence-corrected chi connectivity index (χ0v) is 31.5. The van der Waals surface area contributed by atoms with Crippen LogP contribution in [-0.4, -0.2) is 41.0 Å². The van der Waals surface area contributed by atoms with Crippen molar-refractivity contribution >= 4 is 19.8 Å². The summed E-state index contributed by atoms with van der Waals surface area (Å²) in [6.07, 6.45) is 40.1. The molecule has 0 radical (unpaired) electrons. The van der Waals surface area contributed by atoms with E-state index < -0.39 is 32.5 Å². The van der Waals surface area contributed by atoms with Crippen molar-refractivity contribution in [2.45, 2.75) is 187 Å². The predicted octanol–water partition coefficient (Wildman–Crippen LogP) is 11.4. The second-order valence-corrected chi connectivity index (χ2v) is 14.2. The number of esters is 2. The summed E-state index contributed by atoms with van der Waals surface area (Å²) in [5.41, 5.74) is 0. The van der Waals surface area contributed by atoms with Crippen molar-refractivity contribution in [3.8, 4) is 0 Å². The van der Waals surface area contributed by atoms with Crippen LogP contribution in [0.2, 0.25) is 0 Å². The van der Waals surface area contributed by atoms with E-state index in [1.54, 1.807) is 0 Å². The molecule has 0 aliphatic heterocycles. The van der Waals surface area contributed by atoms with Gasteiger partial charge >= 0.3 is 19.8 Å². The average Bonchev–Trinajstić information content (AvgIpc) is 3.05. The lowest BCUT2D eigenvalue weighted by Crippen LogP contribution is -2.29. The molecule has 0 spiro atoms. The molecule has 2 N–H and O–H groups in total. The van der Waals surface area contributed by atoms with E-state index in [-0.39, 0.29) is 19.4 Å². The molecule has 0 aromatic carbocycles. The third-order valence-corrected chi connectivity index (χ3v) is 8.64. The van der Waals surface area contributed by atoms with Crippen LogP contribution >= 0.6 is 7.82 Å². The Balaban J connectivity index is 4.02. The molecule has 0 amide bonds. The van der Waals surface area contributed by atoms with E-state index in [9.17, 15) is 14.2 Å². The standard InChI is InChI=1S/C39H71O8P/c1-3-5-7-9-11-13-15-17-19-21-23-25-27-29-31-33-38(40)45-35-37(36-46-48(42,43)44)47-39(41)34-32-30-28-26-24-22-20-18-16-14-12-10-8-6-4-2/h14,16,18,20,23,25,37H,3-13,15,17,19,21-22,24,26-36H2,1-2H3,(H2,42,43,44)/b16-14+,20-18+,25-23+/t37-/m1/s1. The summed E-state index contributed by atoms with van der Waals surface area (Å²) in [5, 5.41) is 0. The summed E-state index contributed by atoms with van der Waals surface area (Å²) < 4.78 is 26.3. The molecule has 0 heterocycles. The number of carbonyl (C=O) groups excluding carboxylic acids is 2. The van der Waals surface area contributed by atoms with Crippen molar-refractivity contribution < 1.29 is 37.9 Å². The van der Waals surface area contributed by atoms with Crippen LogP contribution in [0, 0.1) is 0 Å². The maximum atomic E-state index is 12.4. The molecule has 0 saturated heterocycles. The first-order valence-electron chi connectivity index (χ1n) is 19.3. The van der Waals surface area contributed by atoms with Gasteiger partial charge in [-0.25, -0.2) is 4.57 Å². The van der Waals surface area contributed by atoms with Gasteiger partial charge in [0.05, 0.1) is 6.61 Å². The van der Waals surface area contributed by atoms with Crippen LogP contribution in [0.25, 0.3) is 0 Å². The second-order valence-electron chi connectivity index (χ2n) is 12.9. The molecule has 48 heavy (non-hydrogen) atoms. The van der Waals surface area contributed by atoms with E-state index in [1.165, 1.54) is 83.5 Å². The first-order valence-corrected chi connectivity index (χ1v) is 20.8. The number of hydrogen-bond acceptors (Lipinski definition) is 6. The van der Waals surface area contributed by atoms with Crippen LogP contribution in [0.15, 0.2) is 36.5 Å². The van der Waals surface area contributed by atoms with Crippen molar-refractivity contribution in [2.24, 2.45) is 0 Å². The Morgan fingerprint density at radius 3 is 1.46 bits per heavy atom. The van der Waals surface area contributed by atoms with E-state index in [0.29, 0.717) is 12.8 Å². The first kappa shape index (κ1) is 46.3. The molecule has 280 valence electrons. The fourth-order valence-corrected chi connectivity index (χ4v) is 5.60. The summed E-state index contributed by atoms with van der Waals surface area (Å²) in [7, 11) is -4.76. The highest BCUT2D eigenvalue weighted by molar-refractivity contribution is 7.46. The van der Waals surface area contributed by atoms with Gasteiger partial charge in [-0.2, -0.15) is 0 Å². The Morgan fingerprint density at radius 2 is 0.938 bits per heavy atom. The summed E-state index contributed by atoms with van der Waals surface area (Å²) >= 11 is 0. The highest BCUT2D eigenvalue weighted by Gasteiger charge is 2.22. The van der Waals surface area contributed by atoms with Crippen molar-refractivity contribution in [3.05, 3.63) is 36.5 Å². The van der Waals surface area contributed by atoms with Crippen molar-refractivity contribution in [3.63, 3.8) is 0 Å². The third-order valence-electron chi connectivity index (χ3n) is 8.16. The summed E-state index contributed by atoms with van der Waals surface area (Å²) in [6.45, 7) is 3.62. The zero-order chi connectivity index (χ0) is 35.4. The van der Waals surface area contributed by atoms with Gasteiger partial charge in [0.1, 0.15) is 6.61 Å². The summed E-state index contributed by atoms with van der Waals surface area (Å²) in [6, 6.07) is 0. The predicted molar refractivity (Wildman–Crippen MR) is 198 cm³/mol. The minimum absolute atomic E-state index is 0.190. The number of hydrogen-bond donors (Lipinski definition) is 2. The highest BCUT2D eigenvalue weighted by atomic mass is 31.2. The Bertz CT molecular complexity index is 879. The van der Waals surface area contributed by atoms with Gasteiger partial charge in [0.2, 0.25) is 0 Å². The zero-order valence-electron chi connectivity index (χ0n) is 30.6. The van der Waals surface area contributed by atoms with Gasteiger partial charge in [-0.15, -0.1) is 0 Å². The van der Waals surface area contributed by atoms with E-state index in [1.807, 2.05) is 0 Å². The lowest BCUT2D eigenvalue weighted by Gasteiger charge is -2.18. The normalized spacial score (nSPS) is 12.8. The number of allylic oxidation sites excluding steroid dienone is 6. The lowest BCUT2D eigenvalue weighted by molar-refractivity contribution is -0.161. The number of ether oxygens (including phenoxy) is 2. The number of carbonyl (C=O) groups is 2. The molecule has 0 unspecified atom stereocenters. The molecule has 9 heteroatoms. The number of phosphoric ester groups is 1. The summed E-state index contributed by atoms with van der Waals surface area (Å²) in [5.74, 6) is -0.928. The Morgan fingerprint density at radius 1 is 0.542 bits per heavy atom. The molecule has 0 aliphatic carbocycles. The van der Waals surface area contributed by atoms with Crippen molar-refractivity contribution in [2.75, 3.05) is 13.2 Å². The van der Waals surface area contributed by atoms with Gasteiger partial charge in [-0.1, -0.05) is 140 Å². The molecule has 1 atom stereocenters. The largest absolute Gasteiger partial charge is 0.469 e. The molecule has 0 saturated carbocycles. The molecule has 0 fully saturated rings. The van der Waals surface area contributed by atoms with Crippen LogP contribution < -0.4 is 0 Å². The average molecular weight is 699 g/mol. The van der Waals surface area contributed by atoms with E-state index in [0.717, 1.165) is 57.8 Å². The second kappa shape index (κ2) is 35.1. The molecular weight excluding hydrogens is 627 g/mol. The van der Waals surface area contributed by atoms with Crippen LogP contribution in [0.1, 0.15) is 181 Å². The number of phosphoric acid groups is 1. The van der Waals surface area contributed by atoms with E-state index in [4.69, 9.17) is 19.3 Å². The van der Waals surface area contributed by atoms with Gasteiger partial charge in [0.25, 0.3) is 0 Å². The van der Waals surface area contributed by atoms with Crippen LogP contribution in [0.4, 0.5) is 0 Å². The van der Waals surface area contributed by atoms with Crippen molar-refractivity contribution in [1.82, 2.24) is 0 Å². The van der Waals surface area contributed by atoms with Gasteiger partial charge in [0, 0.05) is 12.8 Å². The Labute approximate surface area is 293 Å². The Hall–Kier alpha value is -1.73. The van der Waals surface area contributed by atoms with E-state index in [2.05, 4.69) is 54.8 Å². The van der Waals surface area contributed by atoms with Gasteiger partial charge in [-0.05, 0) is 64.2 Å². The maximum absolute atomic E-state index is 12.4. The molecule has 0 aliphatic rings. The minimum atomic E-state index is -4.76. The number of unbranched alkanes of at least 4 members (excludes halogenated alkanes) is 20. The monoisotopic (exact) mass is 698 g/mol.